The van der Waals surface area contributed by atoms with Crippen LogP contribution >= 0.6 is 23.7 Å². The second-order valence-electron chi connectivity index (χ2n) is 7.09. The third-order valence-corrected chi connectivity index (χ3v) is 4.80. The zero-order chi connectivity index (χ0) is 18.7. The molecule has 3 rings (SSSR count). The summed E-state index contributed by atoms with van der Waals surface area (Å²) in [6.45, 7) is 7.21. The number of thiazole rings is 1. The van der Waals surface area contributed by atoms with Crippen LogP contribution in [0.15, 0.2) is 41.8 Å². The van der Waals surface area contributed by atoms with Crippen LogP contribution in [0.4, 0.5) is 5.82 Å². The molecule has 6 nitrogen and oxygen atoms in total. The van der Waals surface area contributed by atoms with E-state index in [2.05, 4.69) is 31.1 Å². The lowest BCUT2D eigenvalue weighted by Gasteiger charge is -2.14. The first kappa shape index (κ1) is 21.1. The summed E-state index contributed by atoms with van der Waals surface area (Å²) in [5.41, 5.74) is 7.88. The van der Waals surface area contributed by atoms with Crippen LogP contribution in [0, 0.1) is 0 Å². The van der Waals surface area contributed by atoms with E-state index in [1.54, 1.807) is 5.38 Å². The molecule has 2 heterocycles. The molecular formula is C19H24ClN5OS. The standard InChI is InChI=1S/C19H23N5OS.ClH/c1-19(2,3)15-9-16(22-18(25)14-12-26-17(10-20)21-14)24(23-15)11-13-7-5-4-6-8-13;/h4-9,12H,10-11,20H2,1-3H3,(H,22,25);1H. The van der Waals surface area contributed by atoms with Crippen LogP contribution in [-0.4, -0.2) is 20.7 Å². The average Bonchev–Trinajstić information content (AvgIpc) is 3.23. The van der Waals surface area contributed by atoms with E-state index in [1.165, 1.54) is 11.3 Å². The van der Waals surface area contributed by atoms with Gasteiger partial charge in [-0.05, 0) is 5.56 Å². The van der Waals surface area contributed by atoms with Crippen LogP contribution in [-0.2, 0) is 18.5 Å². The average molecular weight is 406 g/mol. The normalized spacial score (nSPS) is 11.1. The Morgan fingerprint density at radius 1 is 1.26 bits per heavy atom. The Bertz CT molecular complexity index is 898. The van der Waals surface area contributed by atoms with Gasteiger partial charge in [-0.2, -0.15) is 5.10 Å². The molecular weight excluding hydrogens is 382 g/mol. The van der Waals surface area contributed by atoms with Crippen LogP contribution in [0.1, 0.15) is 47.5 Å². The smallest absolute Gasteiger partial charge is 0.276 e. The fourth-order valence-corrected chi connectivity index (χ4v) is 3.10. The summed E-state index contributed by atoms with van der Waals surface area (Å²) in [6, 6.07) is 12.0. The molecule has 0 spiro atoms. The van der Waals surface area contributed by atoms with Crippen molar-refractivity contribution in [2.45, 2.75) is 39.3 Å². The van der Waals surface area contributed by atoms with Gasteiger partial charge < -0.3 is 11.1 Å². The molecule has 0 aliphatic heterocycles. The lowest BCUT2D eigenvalue weighted by Crippen LogP contribution is -2.17. The van der Waals surface area contributed by atoms with Crippen molar-refractivity contribution in [3.05, 3.63) is 63.7 Å². The van der Waals surface area contributed by atoms with Gasteiger partial charge in [-0.25, -0.2) is 9.67 Å². The van der Waals surface area contributed by atoms with Crippen molar-refractivity contribution in [3.63, 3.8) is 0 Å². The second-order valence-corrected chi connectivity index (χ2v) is 8.04. The SMILES string of the molecule is CC(C)(C)c1cc(NC(=O)c2csc(CN)n2)n(Cc2ccccc2)n1.Cl. The van der Waals surface area contributed by atoms with Crippen molar-refractivity contribution in [2.24, 2.45) is 5.73 Å². The van der Waals surface area contributed by atoms with Crippen molar-refractivity contribution in [1.82, 2.24) is 14.8 Å². The van der Waals surface area contributed by atoms with Gasteiger partial charge in [-0.1, -0.05) is 51.1 Å². The van der Waals surface area contributed by atoms with Crippen LogP contribution in [0.3, 0.4) is 0 Å². The largest absolute Gasteiger partial charge is 0.325 e. The number of halogens is 1. The second kappa shape index (κ2) is 8.65. The lowest BCUT2D eigenvalue weighted by atomic mass is 9.92. The lowest BCUT2D eigenvalue weighted by molar-refractivity contribution is 0.102. The topological polar surface area (TPSA) is 85.8 Å². The predicted molar refractivity (Wildman–Crippen MR) is 112 cm³/mol. The maximum atomic E-state index is 12.6. The van der Waals surface area contributed by atoms with Gasteiger partial charge in [-0.3, -0.25) is 4.79 Å². The van der Waals surface area contributed by atoms with E-state index in [9.17, 15) is 4.79 Å². The zero-order valence-electron chi connectivity index (χ0n) is 15.6. The third kappa shape index (κ3) is 5.15. The molecule has 0 aliphatic rings. The number of hydrogen-bond acceptors (Lipinski definition) is 5. The van der Waals surface area contributed by atoms with Crippen LogP contribution < -0.4 is 11.1 Å². The minimum atomic E-state index is -0.254. The number of nitrogens with one attached hydrogen (secondary N) is 1. The third-order valence-electron chi connectivity index (χ3n) is 3.92. The van der Waals surface area contributed by atoms with Crippen LogP contribution in [0.5, 0.6) is 0 Å². The Morgan fingerprint density at radius 2 is 1.96 bits per heavy atom. The van der Waals surface area contributed by atoms with E-state index < -0.39 is 0 Å². The molecule has 3 aromatic rings. The molecule has 0 aliphatic carbocycles. The summed E-state index contributed by atoms with van der Waals surface area (Å²) < 4.78 is 1.82. The van der Waals surface area contributed by atoms with Gasteiger partial charge in [0.15, 0.2) is 0 Å². The Labute approximate surface area is 169 Å². The molecule has 0 unspecified atom stereocenters. The van der Waals surface area contributed by atoms with Gasteiger partial charge in [0.2, 0.25) is 0 Å². The van der Waals surface area contributed by atoms with Crippen molar-refractivity contribution in [2.75, 3.05) is 5.32 Å². The van der Waals surface area contributed by atoms with E-state index in [4.69, 9.17) is 10.8 Å². The van der Waals surface area contributed by atoms with Crippen molar-refractivity contribution < 1.29 is 4.79 Å². The Hall–Kier alpha value is -2.22. The van der Waals surface area contributed by atoms with Crippen LogP contribution in [0.2, 0.25) is 0 Å². The molecule has 1 aromatic carbocycles. The number of hydrogen-bond donors (Lipinski definition) is 2. The summed E-state index contributed by atoms with van der Waals surface area (Å²) in [6.07, 6.45) is 0. The summed E-state index contributed by atoms with van der Waals surface area (Å²) >= 11 is 1.39. The van der Waals surface area contributed by atoms with Gasteiger partial charge in [0, 0.05) is 23.4 Å². The predicted octanol–water partition coefficient (Wildman–Crippen LogP) is 3.82. The van der Waals surface area contributed by atoms with E-state index in [0.717, 1.165) is 16.3 Å². The molecule has 0 radical (unpaired) electrons. The summed E-state index contributed by atoms with van der Waals surface area (Å²) in [4.78, 5) is 16.8. The molecule has 0 bridgehead atoms. The highest BCUT2D eigenvalue weighted by Gasteiger charge is 2.21. The molecule has 2 aromatic heterocycles. The number of nitrogens with two attached hydrogens (primary N) is 1. The molecule has 144 valence electrons. The summed E-state index contributed by atoms with van der Waals surface area (Å²) in [5, 5.41) is 10.1. The van der Waals surface area contributed by atoms with Gasteiger partial charge in [0.25, 0.3) is 5.91 Å². The van der Waals surface area contributed by atoms with E-state index in [1.807, 2.05) is 41.1 Å². The summed E-state index contributed by atoms with van der Waals surface area (Å²) in [7, 11) is 0. The number of benzene rings is 1. The molecule has 8 heteroatoms. The highest BCUT2D eigenvalue weighted by Crippen LogP contribution is 2.25. The van der Waals surface area contributed by atoms with Gasteiger partial charge in [0.1, 0.15) is 16.5 Å². The first-order valence-electron chi connectivity index (χ1n) is 8.45. The van der Waals surface area contributed by atoms with Crippen molar-refractivity contribution >= 4 is 35.5 Å². The van der Waals surface area contributed by atoms with E-state index >= 15 is 0 Å². The van der Waals surface area contributed by atoms with E-state index in [0.29, 0.717) is 24.6 Å². The zero-order valence-corrected chi connectivity index (χ0v) is 17.2. The van der Waals surface area contributed by atoms with Crippen molar-refractivity contribution in [1.29, 1.82) is 0 Å². The van der Waals surface area contributed by atoms with E-state index in [-0.39, 0.29) is 23.7 Å². The Kier molecular flexibility index (Phi) is 6.75. The molecule has 3 N–H and O–H groups in total. The number of nitrogens with zero attached hydrogens (tertiary/aromatic N) is 3. The van der Waals surface area contributed by atoms with Crippen LogP contribution in [0.25, 0.3) is 0 Å². The number of carbonyl (C=O) groups excluding carboxylic acids is 1. The molecule has 1 amide bonds. The number of rotatable bonds is 5. The highest BCUT2D eigenvalue weighted by atomic mass is 35.5. The molecule has 0 saturated carbocycles. The maximum absolute atomic E-state index is 12.6. The van der Waals surface area contributed by atoms with Gasteiger partial charge in [0.05, 0.1) is 12.2 Å². The number of carbonyl (C=O) groups is 1. The first-order valence-corrected chi connectivity index (χ1v) is 9.33. The van der Waals surface area contributed by atoms with Crippen molar-refractivity contribution in [3.8, 4) is 0 Å². The molecule has 27 heavy (non-hydrogen) atoms. The number of anilines is 1. The minimum absolute atomic E-state index is 0. The molecule has 0 saturated heterocycles. The first-order chi connectivity index (χ1) is 12.4. The summed E-state index contributed by atoms with van der Waals surface area (Å²) in [5.74, 6) is 0.404. The molecule has 0 fully saturated rings. The van der Waals surface area contributed by atoms with Gasteiger partial charge in [-0.15, -0.1) is 23.7 Å². The maximum Gasteiger partial charge on any atom is 0.276 e. The monoisotopic (exact) mass is 405 g/mol. The fourth-order valence-electron chi connectivity index (χ4n) is 2.45. The highest BCUT2D eigenvalue weighted by molar-refractivity contribution is 7.09. The quantitative estimate of drug-likeness (QED) is 0.675. The number of aromatic nitrogens is 3. The minimum Gasteiger partial charge on any atom is -0.325 e. The Balaban J connectivity index is 0.00000261. The fraction of sp³-hybridized carbons (Fsp3) is 0.316. The Morgan fingerprint density at radius 3 is 2.56 bits per heavy atom. The number of amides is 1. The van der Waals surface area contributed by atoms with Gasteiger partial charge >= 0.3 is 0 Å². The molecule has 0 atom stereocenters.